The fourth-order valence-corrected chi connectivity index (χ4v) is 2.25. The molecule has 0 spiro atoms. The molecule has 0 saturated heterocycles. The molecule has 0 heterocycles. The van der Waals surface area contributed by atoms with Crippen molar-refractivity contribution >= 4 is 29.2 Å². The number of nitrogens with zero attached hydrogens (tertiary/aromatic N) is 1. The summed E-state index contributed by atoms with van der Waals surface area (Å²) in [7, 11) is 0. The first kappa shape index (κ1) is 17.2. The van der Waals surface area contributed by atoms with Crippen molar-refractivity contribution in [3.05, 3.63) is 65.7 Å². The van der Waals surface area contributed by atoms with Crippen LogP contribution in [-0.4, -0.2) is 21.4 Å². The monoisotopic (exact) mass is 328 g/mol. The Hall–Kier alpha value is -2.11. The molecule has 0 aliphatic carbocycles. The molecule has 0 aliphatic heterocycles. The topological polar surface area (TPSA) is 64.5 Å². The number of carbonyl (C=O) groups is 1. The van der Waals surface area contributed by atoms with Crippen molar-refractivity contribution in [3.8, 4) is 0 Å². The Morgan fingerprint density at radius 1 is 1.09 bits per heavy atom. The van der Waals surface area contributed by atoms with Crippen LogP contribution >= 0.6 is 0 Å². The van der Waals surface area contributed by atoms with Crippen LogP contribution in [0.4, 0.5) is 5.69 Å². The second kappa shape index (κ2) is 7.44. The molecular formula is C18H20N2O2S. The molecule has 0 fully saturated rings. The molecule has 1 N–H and O–H groups in total. The summed E-state index contributed by atoms with van der Waals surface area (Å²) in [6.45, 7) is 5.62. The molecule has 2 rings (SSSR count). The molecule has 0 aromatic heterocycles. The van der Waals surface area contributed by atoms with Gasteiger partial charge in [-0.05, 0) is 50.6 Å². The molecule has 0 radical (unpaired) electrons. The van der Waals surface area contributed by atoms with Gasteiger partial charge in [0.05, 0.1) is 6.21 Å². The predicted octanol–water partition coefficient (Wildman–Crippen LogP) is 3.82. The highest BCUT2D eigenvalue weighted by molar-refractivity contribution is 7.91. The molecule has 0 aliphatic rings. The first-order valence-electron chi connectivity index (χ1n) is 7.29. The van der Waals surface area contributed by atoms with Gasteiger partial charge in [0.25, 0.3) is 5.91 Å². The van der Waals surface area contributed by atoms with Crippen LogP contribution < -0.4 is 5.32 Å². The lowest BCUT2D eigenvalue weighted by molar-refractivity contribution is 0.102. The molecule has 120 valence electrons. The Morgan fingerprint density at radius 2 is 1.70 bits per heavy atom. The van der Waals surface area contributed by atoms with Crippen LogP contribution in [0.25, 0.3) is 0 Å². The summed E-state index contributed by atoms with van der Waals surface area (Å²) in [5, 5.41) is 2.83. The first-order chi connectivity index (χ1) is 10.9. The minimum Gasteiger partial charge on any atom is -0.591 e. The lowest BCUT2D eigenvalue weighted by Crippen LogP contribution is -2.25. The fourth-order valence-electron chi connectivity index (χ4n) is 1.71. The van der Waals surface area contributed by atoms with E-state index < -0.39 is 11.4 Å². The van der Waals surface area contributed by atoms with Crippen LogP contribution in [0.3, 0.4) is 0 Å². The first-order valence-corrected chi connectivity index (χ1v) is 8.39. The van der Waals surface area contributed by atoms with Crippen molar-refractivity contribution in [2.45, 2.75) is 25.5 Å². The van der Waals surface area contributed by atoms with Crippen molar-refractivity contribution in [3.63, 3.8) is 0 Å². The number of amides is 1. The van der Waals surface area contributed by atoms with E-state index in [0.29, 0.717) is 5.56 Å². The zero-order valence-corrected chi connectivity index (χ0v) is 14.3. The van der Waals surface area contributed by atoms with Crippen LogP contribution in [-0.2, 0) is 11.4 Å². The van der Waals surface area contributed by atoms with E-state index in [-0.39, 0.29) is 10.7 Å². The number of anilines is 1. The van der Waals surface area contributed by atoms with Crippen LogP contribution in [0.2, 0.25) is 0 Å². The van der Waals surface area contributed by atoms with E-state index >= 15 is 0 Å². The summed E-state index contributed by atoms with van der Waals surface area (Å²) in [5.41, 5.74) is 2.12. The van der Waals surface area contributed by atoms with Gasteiger partial charge >= 0.3 is 0 Å². The molecule has 1 amide bonds. The number of nitrogens with one attached hydrogen (secondary N) is 1. The molecule has 23 heavy (non-hydrogen) atoms. The third kappa shape index (κ3) is 5.23. The van der Waals surface area contributed by atoms with E-state index in [4.69, 9.17) is 0 Å². The van der Waals surface area contributed by atoms with E-state index in [1.54, 1.807) is 30.5 Å². The van der Waals surface area contributed by atoms with Crippen LogP contribution in [0, 0.1) is 0 Å². The minimum atomic E-state index is -1.29. The molecule has 0 saturated carbocycles. The Bertz CT molecular complexity index is 676. The van der Waals surface area contributed by atoms with Crippen molar-refractivity contribution in [2.75, 3.05) is 5.32 Å². The summed E-state index contributed by atoms with van der Waals surface area (Å²) in [4.78, 5) is 12.1. The van der Waals surface area contributed by atoms with Crippen LogP contribution in [0.15, 0.2) is 59.0 Å². The Labute approximate surface area is 140 Å². The number of carbonyl (C=O) groups excluding carboxylic acids is 1. The average molecular weight is 328 g/mol. The van der Waals surface area contributed by atoms with E-state index in [1.165, 1.54) is 0 Å². The highest BCUT2D eigenvalue weighted by atomic mass is 32.2. The smallest absolute Gasteiger partial charge is 0.255 e. The Morgan fingerprint density at radius 3 is 2.26 bits per heavy atom. The SMILES string of the molecule is CC(C)(C)[S@@+]([O-])/N=C/c1ccc(C(=O)Nc2ccccc2)cc1. The maximum atomic E-state index is 12.1. The van der Waals surface area contributed by atoms with E-state index in [2.05, 4.69) is 9.71 Å². The normalized spacial score (nSPS) is 13.0. The van der Waals surface area contributed by atoms with Crippen molar-refractivity contribution in [2.24, 2.45) is 4.40 Å². The summed E-state index contributed by atoms with van der Waals surface area (Å²) in [6, 6.07) is 16.3. The number of hydrogen-bond acceptors (Lipinski definition) is 3. The van der Waals surface area contributed by atoms with E-state index in [9.17, 15) is 9.35 Å². The number of para-hydroxylation sites is 1. The summed E-state index contributed by atoms with van der Waals surface area (Å²) >= 11 is -1.29. The fraction of sp³-hybridized carbons (Fsp3) is 0.222. The standard InChI is InChI=1S/C18H20N2O2S/c1-18(2,3)23(22)19-13-14-9-11-15(12-10-14)17(21)20-16-7-5-4-6-8-16/h4-13H,1-3H3,(H,20,21)/b19-13+/t23-/m1/s1. The van der Waals surface area contributed by atoms with Gasteiger partial charge in [-0.2, -0.15) is 0 Å². The lowest BCUT2D eigenvalue weighted by Gasteiger charge is -2.17. The van der Waals surface area contributed by atoms with Crippen LogP contribution in [0.5, 0.6) is 0 Å². The van der Waals surface area contributed by atoms with Crippen molar-refractivity contribution < 1.29 is 9.35 Å². The molecule has 4 nitrogen and oxygen atoms in total. The van der Waals surface area contributed by atoms with Crippen LogP contribution in [0.1, 0.15) is 36.7 Å². The molecule has 1 atom stereocenters. The van der Waals surface area contributed by atoms with E-state index in [0.717, 1.165) is 11.3 Å². The van der Waals surface area contributed by atoms with Gasteiger partial charge < -0.3 is 9.87 Å². The molecule has 0 bridgehead atoms. The summed E-state index contributed by atoms with van der Waals surface area (Å²) < 4.78 is 15.5. The van der Waals surface area contributed by atoms with Gasteiger partial charge in [-0.25, -0.2) is 0 Å². The molecule has 2 aromatic carbocycles. The lowest BCUT2D eigenvalue weighted by atomic mass is 10.1. The quantitative estimate of drug-likeness (QED) is 0.685. The van der Waals surface area contributed by atoms with Crippen molar-refractivity contribution in [1.82, 2.24) is 0 Å². The molecule has 5 heteroatoms. The predicted molar refractivity (Wildman–Crippen MR) is 96.3 cm³/mol. The van der Waals surface area contributed by atoms with Gasteiger partial charge in [-0.15, -0.1) is 0 Å². The maximum absolute atomic E-state index is 12.1. The molecule has 0 unspecified atom stereocenters. The van der Waals surface area contributed by atoms with Gasteiger partial charge in [0.15, 0.2) is 0 Å². The van der Waals surface area contributed by atoms with Gasteiger partial charge in [-0.1, -0.05) is 34.7 Å². The van der Waals surface area contributed by atoms with Gasteiger partial charge in [0.2, 0.25) is 0 Å². The summed E-state index contributed by atoms with van der Waals surface area (Å²) in [6.07, 6.45) is 1.57. The molecule has 2 aromatic rings. The second-order valence-corrected chi connectivity index (χ2v) is 7.97. The maximum Gasteiger partial charge on any atom is 0.255 e. The van der Waals surface area contributed by atoms with Crippen molar-refractivity contribution in [1.29, 1.82) is 0 Å². The summed E-state index contributed by atoms with van der Waals surface area (Å²) in [5.74, 6) is -0.169. The minimum absolute atomic E-state index is 0.169. The van der Waals surface area contributed by atoms with Gasteiger partial charge in [0.1, 0.15) is 16.1 Å². The zero-order chi connectivity index (χ0) is 16.9. The highest BCUT2D eigenvalue weighted by Gasteiger charge is 2.25. The Balaban J connectivity index is 2.02. The largest absolute Gasteiger partial charge is 0.591 e. The van der Waals surface area contributed by atoms with Gasteiger partial charge in [-0.3, -0.25) is 4.79 Å². The second-order valence-electron chi connectivity index (χ2n) is 6.04. The highest BCUT2D eigenvalue weighted by Crippen LogP contribution is 2.17. The third-order valence-corrected chi connectivity index (χ3v) is 4.37. The molecular weight excluding hydrogens is 308 g/mol. The third-order valence-electron chi connectivity index (χ3n) is 3.03. The van der Waals surface area contributed by atoms with Gasteiger partial charge in [0, 0.05) is 11.3 Å². The number of hydrogen-bond donors (Lipinski definition) is 1. The van der Waals surface area contributed by atoms with E-state index in [1.807, 2.05) is 51.1 Å². The number of rotatable bonds is 4. The Kier molecular flexibility index (Phi) is 5.58. The average Bonchev–Trinajstić information content (AvgIpc) is 2.53. The number of benzene rings is 2. The zero-order valence-electron chi connectivity index (χ0n) is 13.4.